The van der Waals surface area contributed by atoms with Crippen molar-refractivity contribution in [1.29, 1.82) is 0 Å². The van der Waals surface area contributed by atoms with E-state index in [-0.39, 0.29) is 12.1 Å². The summed E-state index contributed by atoms with van der Waals surface area (Å²) in [6.07, 6.45) is 1.75. The molecule has 0 bridgehead atoms. The first-order valence-electron chi connectivity index (χ1n) is 10.4. The Kier molecular flexibility index (Phi) is 6.40. The van der Waals surface area contributed by atoms with Gasteiger partial charge in [-0.15, -0.1) is 0 Å². The quantitative estimate of drug-likeness (QED) is 0.270. The van der Waals surface area contributed by atoms with Crippen molar-refractivity contribution in [2.45, 2.75) is 12.1 Å². The Hall–Kier alpha value is -2.77. The lowest BCUT2D eigenvalue weighted by Gasteiger charge is -2.26. The van der Waals surface area contributed by atoms with Gasteiger partial charge < -0.3 is 19.4 Å². The predicted molar refractivity (Wildman–Crippen MR) is 140 cm³/mol. The number of rotatable bonds is 5. The zero-order valence-corrected chi connectivity index (χ0v) is 20.9. The number of benzene rings is 2. The molecule has 2 aromatic carbocycles. The molecule has 0 saturated carbocycles. The second kappa shape index (κ2) is 9.47. The normalized spacial score (nSPS) is 17.6. The van der Waals surface area contributed by atoms with Gasteiger partial charge in [-0.2, -0.15) is 0 Å². The van der Waals surface area contributed by atoms with Gasteiger partial charge in [0, 0.05) is 17.4 Å². The van der Waals surface area contributed by atoms with Crippen molar-refractivity contribution < 1.29 is 9.15 Å². The van der Waals surface area contributed by atoms with E-state index in [4.69, 9.17) is 56.2 Å². The first kappa shape index (κ1) is 23.0. The van der Waals surface area contributed by atoms with Gasteiger partial charge in [0.15, 0.2) is 5.11 Å². The lowest BCUT2D eigenvalue weighted by molar-refractivity contribution is 0.415. The van der Waals surface area contributed by atoms with Gasteiger partial charge in [-0.25, -0.2) is 0 Å². The first-order chi connectivity index (χ1) is 16.5. The Balaban J connectivity index is 1.62. The minimum Gasteiger partial charge on any atom is -0.495 e. The predicted octanol–water partition coefficient (Wildman–Crippen LogP) is 7.49. The second-order valence-corrected chi connectivity index (χ2v) is 9.20. The molecule has 1 fully saturated rings. The van der Waals surface area contributed by atoms with Crippen LogP contribution in [-0.4, -0.2) is 17.2 Å². The van der Waals surface area contributed by atoms with Gasteiger partial charge >= 0.3 is 0 Å². The van der Waals surface area contributed by atoms with Gasteiger partial charge in [-0.1, -0.05) is 46.9 Å². The van der Waals surface area contributed by atoms with E-state index in [0.29, 0.717) is 43.0 Å². The number of furan rings is 1. The number of anilines is 1. The molecule has 1 aliphatic heterocycles. The average Bonchev–Trinajstić information content (AvgIpc) is 3.46. The summed E-state index contributed by atoms with van der Waals surface area (Å²) < 4.78 is 11.7. The van der Waals surface area contributed by atoms with Gasteiger partial charge in [-0.3, -0.25) is 4.98 Å². The van der Waals surface area contributed by atoms with Gasteiger partial charge in [-0.05, 0) is 66.8 Å². The van der Waals surface area contributed by atoms with Crippen molar-refractivity contribution >= 4 is 57.8 Å². The maximum absolute atomic E-state index is 6.44. The number of ether oxygens (including phenoxy) is 1. The van der Waals surface area contributed by atoms with Crippen LogP contribution < -0.4 is 15.0 Å². The molecule has 0 aliphatic carbocycles. The molecule has 1 aliphatic rings. The van der Waals surface area contributed by atoms with Crippen LogP contribution in [0.15, 0.2) is 77.3 Å². The number of hydrogen-bond donors (Lipinski definition) is 1. The maximum atomic E-state index is 6.44. The molecule has 2 atom stereocenters. The van der Waals surface area contributed by atoms with Crippen molar-refractivity contribution in [3.8, 4) is 17.1 Å². The second-order valence-electron chi connectivity index (χ2n) is 7.62. The van der Waals surface area contributed by atoms with Crippen LogP contribution in [0, 0.1) is 0 Å². The van der Waals surface area contributed by atoms with Crippen molar-refractivity contribution in [3.05, 3.63) is 99.4 Å². The highest BCUT2D eigenvalue weighted by atomic mass is 35.5. The number of thiocarbonyl (C=S) groups is 1. The van der Waals surface area contributed by atoms with E-state index in [0.717, 1.165) is 11.4 Å². The fraction of sp³-hybridized carbons (Fsp3) is 0.120. The van der Waals surface area contributed by atoms with E-state index < -0.39 is 0 Å². The topological polar surface area (TPSA) is 50.5 Å². The molecule has 4 aromatic rings. The van der Waals surface area contributed by atoms with Crippen LogP contribution in [0.4, 0.5) is 5.69 Å². The Bertz CT molecular complexity index is 1360. The van der Waals surface area contributed by atoms with E-state index in [1.54, 1.807) is 19.4 Å². The number of halogens is 3. The molecule has 2 aromatic heterocycles. The van der Waals surface area contributed by atoms with Crippen LogP contribution >= 0.6 is 47.0 Å². The van der Waals surface area contributed by atoms with Crippen molar-refractivity contribution in [2.24, 2.45) is 0 Å². The number of nitrogens with one attached hydrogen (secondary N) is 1. The fourth-order valence-corrected chi connectivity index (χ4v) is 5.07. The smallest absolute Gasteiger partial charge is 0.174 e. The highest BCUT2D eigenvalue weighted by Crippen LogP contribution is 2.45. The van der Waals surface area contributed by atoms with Crippen LogP contribution in [0.3, 0.4) is 0 Å². The third-order valence-electron chi connectivity index (χ3n) is 5.65. The van der Waals surface area contributed by atoms with E-state index in [9.17, 15) is 0 Å². The van der Waals surface area contributed by atoms with Crippen molar-refractivity contribution in [1.82, 2.24) is 10.3 Å². The molecular weight excluding hydrogens is 513 g/mol. The summed E-state index contributed by atoms with van der Waals surface area (Å²) in [5.74, 6) is 1.87. The summed E-state index contributed by atoms with van der Waals surface area (Å²) >= 11 is 24.9. The third-order valence-corrected chi connectivity index (χ3v) is 7.08. The average molecular weight is 531 g/mol. The number of methoxy groups -OCH3 is 1. The van der Waals surface area contributed by atoms with Gasteiger partial charge in [0.05, 0.1) is 33.9 Å². The molecule has 5 nitrogen and oxygen atoms in total. The lowest BCUT2D eigenvalue weighted by Crippen LogP contribution is -2.29. The molecule has 1 N–H and O–H groups in total. The van der Waals surface area contributed by atoms with Gasteiger partial charge in [0.2, 0.25) is 0 Å². The molecule has 9 heteroatoms. The summed E-state index contributed by atoms with van der Waals surface area (Å²) in [6.45, 7) is 0. The summed E-state index contributed by atoms with van der Waals surface area (Å²) in [7, 11) is 1.58. The number of pyridine rings is 1. The Morgan fingerprint density at radius 3 is 2.59 bits per heavy atom. The van der Waals surface area contributed by atoms with Crippen LogP contribution in [0.2, 0.25) is 15.1 Å². The van der Waals surface area contributed by atoms with Gasteiger partial charge in [0.25, 0.3) is 0 Å². The van der Waals surface area contributed by atoms with Crippen LogP contribution in [0.25, 0.3) is 11.3 Å². The summed E-state index contributed by atoms with van der Waals surface area (Å²) in [4.78, 5) is 6.53. The standard InChI is InChI=1S/C25H18Cl3N3O2S/c1-32-20-9-8-14(13-17(20)27)31-24(23(30-25(31)34)18-7-2-3-12-29-18)21-11-10-19(33-21)15-5-4-6-16(26)22(15)28/h2-13,23-24H,1H3,(H,30,34)/t23-,24-/m1/s1. The van der Waals surface area contributed by atoms with Crippen molar-refractivity contribution in [3.63, 3.8) is 0 Å². The molecular formula is C25H18Cl3N3O2S. The molecule has 0 amide bonds. The molecule has 172 valence electrons. The van der Waals surface area contributed by atoms with E-state index in [1.165, 1.54) is 0 Å². The largest absolute Gasteiger partial charge is 0.495 e. The first-order valence-corrected chi connectivity index (χ1v) is 11.9. The Labute approximate surface area is 217 Å². The summed E-state index contributed by atoms with van der Waals surface area (Å²) in [5, 5.41) is 5.30. The molecule has 5 rings (SSSR count). The Morgan fingerprint density at radius 1 is 1.00 bits per heavy atom. The molecule has 1 saturated heterocycles. The SMILES string of the molecule is COc1ccc(N2C(=S)N[C@H](c3ccccn3)[C@H]2c2ccc(-c3cccc(Cl)c3Cl)o2)cc1Cl. The van der Waals surface area contributed by atoms with Gasteiger partial charge in [0.1, 0.15) is 23.3 Å². The van der Waals surface area contributed by atoms with E-state index >= 15 is 0 Å². The maximum Gasteiger partial charge on any atom is 0.174 e. The van der Waals surface area contributed by atoms with Crippen LogP contribution in [0.1, 0.15) is 23.5 Å². The van der Waals surface area contributed by atoms with Crippen LogP contribution in [-0.2, 0) is 0 Å². The molecule has 34 heavy (non-hydrogen) atoms. The highest BCUT2D eigenvalue weighted by Gasteiger charge is 2.42. The number of nitrogens with zero attached hydrogens (tertiary/aromatic N) is 2. The Morgan fingerprint density at radius 2 is 1.85 bits per heavy atom. The molecule has 0 spiro atoms. The zero-order chi connectivity index (χ0) is 23.8. The fourth-order valence-electron chi connectivity index (χ4n) is 4.08. The number of aromatic nitrogens is 1. The summed E-state index contributed by atoms with van der Waals surface area (Å²) in [6, 6.07) is 19.9. The minimum atomic E-state index is -0.335. The van der Waals surface area contributed by atoms with Crippen LogP contribution in [0.5, 0.6) is 5.75 Å². The third kappa shape index (κ3) is 4.12. The number of hydrogen-bond acceptors (Lipinski definition) is 4. The monoisotopic (exact) mass is 529 g/mol. The zero-order valence-electron chi connectivity index (χ0n) is 17.8. The minimum absolute atomic E-state index is 0.261. The molecule has 3 heterocycles. The summed E-state index contributed by atoms with van der Waals surface area (Å²) in [5.41, 5.74) is 2.34. The molecule has 0 unspecified atom stereocenters. The molecule has 0 radical (unpaired) electrons. The van der Waals surface area contributed by atoms with E-state index in [1.807, 2.05) is 65.6 Å². The highest BCUT2D eigenvalue weighted by molar-refractivity contribution is 7.80. The van der Waals surface area contributed by atoms with E-state index in [2.05, 4.69) is 10.3 Å². The van der Waals surface area contributed by atoms with Crippen molar-refractivity contribution in [2.75, 3.05) is 12.0 Å². The lowest BCUT2D eigenvalue weighted by atomic mass is 10.0.